The summed E-state index contributed by atoms with van der Waals surface area (Å²) < 4.78 is 4.80. The van der Waals surface area contributed by atoms with Crippen LogP contribution in [0.2, 0.25) is 0 Å². The van der Waals surface area contributed by atoms with Gasteiger partial charge in [0.25, 0.3) is 0 Å². The third-order valence-electron chi connectivity index (χ3n) is 3.13. The van der Waals surface area contributed by atoms with Crippen LogP contribution in [0, 0.1) is 5.92 Å². The Morgan fingerprint density at radius 1 is 1.42 bits per heavy atom. The predicted molar refractivity (Wildman–Crippen MR) is 70.1 cm³/mol. The van der Waals surface area contributed by atoms with Crippen molar-refractivity contribution >= 4 is 12.0 Å². The van der Waals surface area contributed by atoms with Crippen molar-refractivity contribution in [1.82, 2.24) is 15.5 Å². The number of carboxylic acids is 1. The van der Waals surface area contributed by atoms with Crippen molar-refractivity contribution in [3.05, 3.63) is 0 Å². The maximum atomic E-state index is 11.4. The zero-order valence-corrected chi connectivity index (χ0v) is 11.4. The monoisotopic (exact) mass is 273 g/mol. The van der Waals surface area contributed by atoms with Gasteiger partial charge in [0, 0.05) is 19.6 Å². The number of nitrogens with zero attached hydrogens (tertiary/aromatic N) is 1. The van der Waals surface area contributed by atoms with Crippen LogP contribution in [0.1, 0.15) is 13.3 Å². The molecule has 110 valence electrons. The minimum atomic E-state index is -1.01. The molecular formula is C12H23N3O4. The van der Waals surface area contributed by atoms with E-state index >= 15 is 0 Å². The summed E-state index contributed by atoms with van der Waals surface area (Å²) >= 11 is 0. The van der Waals surface area contributed by atoms with Gasteiger partial charge >= 0.3 is 12.0 Å². The van der Waals surface area contributed by atoms with Crippen LogP contribution in [0.4, 0.5) is 4.79 Å². The Labute approximate surface area is 113 Å². The number of hydrogen-bond acceptors (Lipinski definition) is 4. The second-order valence-corrected chi connectivity index (χ2v) is 4.63. The zero-order valence-electron chi connectivity index (χ0n) is 11.4. The first kappa shape index (κ1) is 15.7. The summed E-state index contributed by atoms with van der Waals surface area (Å²) in [5.41, 5.74) is 0. The number of likely N-dealkylation sites (tertiary alicyclic amines) is 1. The third-order valence-corrected chi connectivity index (χ3v) is 3.13. The van der Waals surface area contributed by atoms with E-state index < -0.39 is 5.97 Å². The molecule has 0 aromatic heterocycles. The van der Waals surface area contributed by atoms with Crippen LogP contribution in [0.5, 0.6) is 0 Å². The van der Waals surface area contributed by atoms with Crippen molar-refractivity contribution < 1.29 is 19.4 Å². The molecule has 1 fully saturated rings. The molecule has 1 aliphatic heterocycles. The molecule has 0 aromatic rings. The fraction of sp³-hybridized carbons (Fsp3) is 0.833. The number of carbonyl (C=O) groups excluding carboxylic acids is 1. The van der Waals surface area contributed by atoms with E-state index in [1.165, 1.54) is 0 Å². The molecule has 0 aliphatic carbocycles. The summed E-state index contributed by atoms with van der Waals surface area (Å²) in [6.07, 6.45) is 1.12. The van der Waals surface area contributed by atoms with Crippen LogP contribution in [0.15, 0.2) is 0 Å². The van der Waals surface area contributed by atoms with Crippen LogP contribution in [0.25, 0.3) is 0 Å². The first-order valence-electron chi connectivity index (χ1n) is 6.65. The van der Waals surface area contributed by atoms with Crippen LogP contribution in [0.3, 0.4) is 0 Å². The molecule has 0 aromatic carbocycles. The first-order valence-corrected chi connectivity index (χ1v) is 6.65. The third kappa shape index (κ3) is 6.97. The molecule has 1 aliphatic rings. The van der Waals surface area contributed by atoms with Crippen molar-refractivity contribution in [1.29, 1.82) is 0 Å². The van der Waals surface area contributed by atoms with Crippen molar-refractivity contribution in [3.63, 3.8) is 0 Å². The summed E-state index contributed by atoms with van der Waals surface area (Å²) in [6.45, 7) is 6.20. The Morgan fingerprint density at radius 3 is 2.84 bits per heavy atom. The van der Waals surface area contributed by atoms with Gasteiger partial charge in [-0.2, -0.15) is 0 Å². The smallest absolute Gasteiger partial charge is 0.329 e. The normalized spacial score (nSPS) is 19.3. The van der Waals surface area contributed by atoms with Gasteiger partial charge in [0.1, 0.15) is 6.61 Å². The average Bonchev–Trinajstić information content (AvgIpc) is 2.83. The number of aliphatic carboxylic acids is 1. The lowest BCUT2D eigenvalue weighted by Gasteiger charge is -2.14. The number of urea groups is 1. The summed E-state index contributed by atoms with van der Waals surface area (Å²) in [5.74, 6) is -0.486. The summed E-state index contributed by atoms with van der Waals surface area (Å²) in [6, 6.07) is -0.228. The van der Waals surface area contributed by atoms with Gasteiger partial charge in [-0.15, -0.1) is 0 Å². The van der Waals surface area contributed by atoms with Gasteiger partial charge in [0.15, 0.2) is 0 Å². The van der Waals surface area contributed by atoms with E-state index in [9.17, 15) is 9.59 Å². The fourth-order valence-electron chi connectivity index (χ4n) is 2.06. The molecule has 2 amide bonds. The van der Waals surface area contributed by atoms with Crippen molar-refractivity contribution in [2.24, 2.45) is 5.92 Å². The molecule has 0 bridgehead atoms. The van der Waals surface area contributed by atoms with Crippen molar-refractivity contribution in [3.8, 4) is 0 Å². The lowest BCUT2D eigenvalue weighted by molar-refractivity contribution is -0.142. The largest absolute Gasteiger partial charge is 0.480 e. The molecular weight excluding hydrogens is 250 g/mol. The highest BCUT2D eigenvalue weighted by molar-refractivity contribution is 5.73. The molecule has 7 heteroatoms. The highest BCUT2D eigenvalue weighted by Gasteiger charge is 2.21. The van der Waals surface area contributed by atoms with Gasteiger partial charge in [-0.3, -0.25) is 0 Å². The van der Waals surface area contributed by atoms with E-state index in [1.807, 2.05) is 0 Å². The summed E-state index contributed by atoms with van der Waals surface area (Å²) in [5, 5.41) is 13.8. The van der Waals surface area contributed by atoms with E-state index in [4.69, 9.17) is 9.84 Å². The fourth-order valence-corrected chi connectivity index (χ4v) is 2.06. The SMILES string of the molecule is CCN1CCC(CNC(=O)NCCOCC(=O)O)C1. The molecule has 1 saturated heterocycles. The molecule has 3 N–H and O–H groups in total. The minimum Gasteiger partial charge on any atom is -0.480 e. The Morgan fingerprint density at radius 2 is 2.21 bits per heavy atom. The second-order valence-electron chi connectivity index (χ2n) is 4.63. The minimum absolute atomic E-state index is 0.201. The Bertz CT molecular complexity index is 299. The topological polar surface area (TPSA) is 90.9 Å². The van der Waals surface area contributed by atoms with Crippen LogP contribution in [-0.2, 0) is 9.53 Å². The van der Waals surface area contributed by atoms with Crippen LogP contribution < -0.4 is 10.6 Å². The van der Waals surface area contributed by atoms with E-state index in [1.54, 1.807) is 0 Å². The molecule has 0 saturated carbocycles. The lowest BCUT2D eigenvalue weighted by atomic mass is 10.1. The molecule has 7 nitrogen and oxygen atoms in total. The van der Waals surface area contributed by atoms with E-state index in [-0.39, 0.29) is 19.2 Å². The Hall–Kier alpha value is -1.34. The number of nitrogens with one attached hydrogen (secondary N) is 2. The molecule has 19 heavy (non-hydrogen) atoms. The second kappa shape index (κ2) is 8.71. The standard InChI is InChI=1S/C12H23N3O4/c1-2-15-5-3-10(8-15)7-14-12(18)13-4-6-19-9-11(16)17/h10H,2-9H2,1H3,(H,16,17)(H2,13,14,18). The quantitative estimate of drug-likeness (QED) is 0.530. The highest BCUT2D eigenvalue weighted by Crippen LogP contribution is 2.14. The summed E-state index contributed by atoms with van der Waals surface area (Å²) in [4.78, 5) is 24.0. The first-order chi connectivity index (χ1) is 9.11. The maximum Gasteiger partial charge on any atom is 0.329 e. The maximum absolute atomic E-state index is 11.4. The lowest BCUT2D eigenvalue weighted by Crippen LogP contribution is -2.40. The Balaban J connectivity index is 1.98. The Kier molecular flexibility index (Phi) is 7.20. The number of ether oxygens (including phenoxy) is 1. The van der Waals surface area contributed by atoms with Crippen LogP contribution in [-0.4, -0.2) is 67.9 Å². The molecule has 1 rings (SSSR count). The molecule has 0 radical (unpaired) electrons. The average molecular weight is 273 g/mol. The van der Waals surface area contributed by atoms with Gasteiger partial charge in [0.2, 0.25) is 0 Å². The van der Waals surface area contributed by atoms with Gasteiger partial charge in [-0.1, -0.05) is 6.92 Å². The number of carboxylic acid groups (broad SMARTS) is 1. The van der Waals surface area contributed by atoms with Gasteiger partial charge in [-0.05, 0) is 25.4 Å². The molecule has 1 heterocycles. The van der Waals surface area contributed by atoms with Crippen molar-refractivity contribution in [2.75, 3.05) is 45.9 Å². The van der Waals surface area contributed by atoms with E-state index in [0.717, 1.165) is 26.1 Å². The predicted octanol–water partition coefficient (Wildman–Crippen LogP) is -0.271. The molecule has 1 unspecified atom stereocenters. The van der Waals surface area contributed by atoms with E-state index in [2.05, 4.69) is 22.5 Å². The van der Waals surface area contributed by atoms with Crippen molar-refractivity contribution in [2.45, 2.75) is 13.3 Å². The number of rotatable bonds is 8. The highest BCUT2D eigenvalue weighted by atomic mass is 16.5. The number of carbonyl (C=O) groups is 2. The zero-order chi connectivity index (χ0) is 14.1. The van der Waals surface area contributed by atoms with Crippen LogP contribution >= 0.6 is 0 Å². The molecule has 1 atom stereocenters. The number of amides is 2. The summed E-state index contributed by atoms with van der Waals surface area (Å²) in [7, 11) is 0. The van der Waals surface area contributed by atoms with Gasteiger partial charge in [-0.25, -0.2) is 9.59 Å². The van der Waals surface area contributed by atoms with Gasteiger partial charge < -0.3 is 25.4 Å². The molecule has 0 spiro atoms. The number of hydrogen-bond donors (Lipinski definition) is 3. The van der Waals surface area contributed by atoms with E-state index in [0.29, 0.717) is 19.0 Å². The van der Waals surface area contributed by atoms with Gasteiger partial charge in [0.05, 0.1) is 6.61 Å².